The molecule has 0 aromatic heterocycles. The number of methoxy groups -OCH3 is 3. The first-order valence-corrected chi connectivity index (χ1v) is 15.6. The van der Waals surface area contributed by atoms with E-state index in [1.807, 2.05) is 57.2 Å². The molecule has 0 aliphatic rings. The summed E-state index contributed by atoms with van der Waals surface area (Å²) in [6.07, 6.45) is 1.24. The van der Waals surface area contributed by atoms with Crippen LogP contribution in [0, 0.1) is 0 Å². The Labute approximate surface area is 254 Å². The Morgan fingerprint density at radius 2 is 1.49 bits per heavy atom. The summed E-state index contributed by atoms with van der Waals surface area (Å²) in [6.45, 7) is 5.07. The molecule has 3 aromatic carbocycles. The molecule has 0 spiro atoms. The fourth-order valence-corrected chi connectivity index (χ4v) is 5.41. The van der Waals surface area contributed by atoms with Crippen LogP contribution in [0.2, 0.25) is 0 Å². The van der Waals surface area contributed by atoms with E-state index in [-0.39, 0.29) is 24.6 Å². The second kappa shape index (κ2) is 14.3. The number of nitrogens with one attached hydrogen (secondary N) is 1. The summed E-state index contributed by atoms with van der Waals surface area (Å²) in [7, 11) is 0.520. The number of sulfonamides is 1. The van der Waals surface area contributed by atoms with Crippen LogP contribution in [0.25, 0.3) is 0 Å². The van der Waals surface area contributed by atoms with E-state index in [0.29, 0.717) is 22.8 Å². The Kier molecular flexibility index (Phi) is 11.0. The van der Waals surface area contributed by atoms with E-state index >= 15 is 0 Å². The number of ether oxygens (including phenoxy) is 3. The lowest BCUT2D eigenvalue weighted by molar-refractivity contribution is -0.140. The average molecular weight is 612 g/mol. The predicted molar refractivity (Wildman–Crippen MR) is 167 cm³/mol. The number of carbonyl (C=O) groups excluding carboxylic acids is 2. The minimum Gasteiger partial charge on any atom is -0.497 e. The van der Waals surface area contributed by atoms with E-state index in [2.05, 4.69) is 5.32 Å². The van der Waals surface area contributed by atoms with Gasteiger partial charge in [0.05, 0.1) is 33.3 Å². The van der Waals surface area contributed by atoms with Crippen LogP contribution in [0.5, 0.6) is 17.2 Å². The first-order chi connectivity index (χ1) is 20.2. The molecule has 0 saturated heterocycles. The molecule has 0 heterocycles. The van der Waals surface area contributed by atoms with Gasteiger partial charge in [0, 0.05) is 24.6 Å². The van der Waals surface area contributed by atoms with Crippen molar-refractivity contribution in [2.45, 2.75) is 45.3 Å². The third kappa shape index (κ3) is 9.37. The van der Waals surface area contributed by atoms with Gasteiger partial charge in [0.1, 0.15) is 18.3 Å². The van der Waals surface area contributed by atoms with Gasteiger partial charge in [-0.05, 0) is 56.2 Å². The molecule has 11 heteroatoms. The zero-order valence-electron chi connectivity index (χ0n) is 25.8. The molecule has 1 N–H and O–H groups in total. The van der Waals surface area contributed by atoms with Gasteiger partial charge in [-0.2, -0.15) is 0 Å². The Morgan fingerprint density at radius 1 is 0.837 bits per heavy atom. The maximum absolute atomic E-state index is 14.3. The Hall–Kier alpha value is -4.25. The van der Waals surface area contributed by atoms with Crippen molar-refractivity contribution in [3.63, 3.8) is 0 Å². The second-order valence-corrected chi connectivity index (χ2v) is 13.0. The molecule has 10 nitrogen and oxygen atoms in total. The Morgan fingerprint density at radius 3 is 2.07 bits per heavy atom. The van der Waals surface area contributed by atoms with Crippen LogP contribution in [-0.4, -0.2) is 70.8 Å². The highest BCUT2D eigenvalue weighted by Crippen LogP contribution is 2.32. The number of rotatable bonds is 13. The van der Waals surface area contributed by atoms with Gasteiger partial charge < -0.3 is 24.4 Å². The second-order valence-electron chi connectivity index (χ2n) is 11.1. The normalized spacial score (nSPS) is 12.2. The first-order valence-electron chi connectivity index (χ1n) is 13.7. The van der Waals surface area contributed by atoms with Gasteiger partial charge in [-0.15, -0.1) is 0 Å². The lowest BCUT2D eigenvalue weighted by Gasteiger charge is -2.35. The van der Waals surface area contributed by atoms with Gasteiger partial charge in [0.15, 0.2) is 11.5 Å². The molecule has 3 aromatic rings. The summed E-state index contributed by atoms with van der Waals surface area (Å²) in [4.78, 5) is 29.5. The average Bonchev–Trinajstić information content (AvgIpc) is 2.96. The number of nitrogens with zero attached hydrogens (tertiary/aromatic N) is 2. The van der Waals surface area contributed by atoms with Gasteiger partial charge in [0.25, 0.3) is 0 Å². The molecule has 43 heavy (non-hydrogen) atoms. The van der Waals surface area contributed by atoms with E-state index in [0.717, 1.165) is 16.1 Å². The topological polar surface area (TPSA) is 114 Å². The highest BCUT2D eigenvalue weighted by molar-refractivity contribution is 7.92. The van der Waals surface area contributed by atoms with Crippen molar-refractivity contribution in [1.82, 2.24) is 10.2 Å². The van der Waals surface area contributed by atoms with E-state index in [1.165, 1.54) is 31.3 Å². The van der Waals surface area contributed by atoms with Gasteiger partial charge in [-0.1, -0.05) is 42.5 Å². The van der Waals surface area contributed by atoms with Crippen LogP contribution in [0.3, 0.4) is 0 Å². The Bertz CT molecular complexity index is 1500. The standard InChI is InChI=1S/C32H41N3O7S/c1-32(2,3)33-31(37)27(19-23-12-9-8-10-13-23)34(21-24-14-11-15-26(18-24)40-4)30(36)22-35(43(7,38)39)25-16-17-28(41-5)29(20-25)42-6/h8-18,20,27H,19,21-22H2,1-7H3,(H,33,37)/t27-/m0/s1. The van der Waals surface area contributed by atoms with Crippen molar-refractivity contribution in [3.8, 4) is 17.2 Å². The largest absolute Gasteiger partial charge is 0.497 e. The summed E-state index contributed by atoms with van der Waals surface area (Å²) in [5.41, 5.74) is 1.20. The van der Waals surface area contributed by atoms with E-state index in [4.69, 9.17) is 14.2 Å². The number of anilines is 1. The van der Waals surface area contributed by atoms with Crippen molar-refractivity contribution in [2.75, 3.05) is 38.4 Å². The minimum absolute atomic E-state index is 0.0363. The fraction of sp³-hybridized carbons (Fsp3) is 0.375. The van der Waals surface area contributed by atoms with Crippen molar-refractivity contribution in [3.05, 3.63) is 83.9 Å². The minimum atomic E-state index is -3.94. The molecule has 1 atom stereocenters. The Balaban J connectivity index is 2.11. The smallest absolute Gasteiger partial charge is 0.244 e. The number of benzene rings is 3. The molecule has 0 aliphatic heterocycles. The maximum atomic E-state index is 14.3. The lowest BCUT2D eigenvalue weighted by atomic mass is 10.0. The first kappa shape index (κ1) is 33.3. The van der Waals surface area contributed by atoms with Crippen molar-refractivity contribution in [1.29, 1.82) is 0 Å². The van der Waals surface area contributed by atoms with Crippen LogP contribution in [0.1, 0.15) is 31.9 Å². The lowest BCUT2D eigenvalue weighted by Crippen LogP contribution is -2.56. The summed E-state index contributed by atoms with van der Waals surface area (Å²) in [6, 6.07) is 20.2. The SMILES string of the molecule is COc1cccc(CN(C(=O)CN(c2ccc(OC)c(OC)c2)S(C)(=O)=O)[C@@H](Cc2ccccc2)C(=O)NC(C)(C)C)c1. The highest BCUT2D eigenvalue weighted by Gasteiger charge is 2.34. The molecule has 0 radical (unpaired) electrons. The molecular weight excluding hydrogens is 570 g/mol. The summed E-state index contributed by atoms with van der Waals surface area (Å²) < 4.78 is 43.2. The van der Waals surface area contributed by atoms with E-state index in [9.17, 15) is 18.0 Å². The molecule has 232 valence electrons. The zero-order valence-corrected chi connectivity index (χ0v) is 26.6. The van der Waals surface area contributed by atoms with Crippen LogP contribution in [0.4, 0.5) is 5.69 Å². The molecule has 0 bridgehead atoms. The van der Waals surface area contributed by atoms with Crippen molar-refractivity contribution in [2.24, 2.45) is 0 Å². The number of hydrogen-bond donors (Lipinski definition) is 1. The molecule has 0 aliphatic carbocycles. The van der Waals surface area contributed by atoms with Crippen LogP contribution in [-0.2, 0) is 32.6 Å². The van der Waals surface area contributed by atoms with Crippen LogP contribution >= 0.6 is 0 Å². The number of carbonyl (C=O) groups is 2. The summed E-state index contributed by atoms with van der Waals surface area (Å²) in [5, 5.41) is 3.01. The highest BCUT2D eigenvalue weighted by atomic mass is 32.2. The maximum Gasteiger partial charge on any atom is 0.244 e. The molecule has 0 fully saturated rings. The van der Waals surface area contributed by atoms with Gasteiger partial charge >= 0.3 is 0 Å². The van der Waals surface area contributed by atoms with Gasteiger partial charge in [0.2, 0.25) is 21.8 Å². The molecule has 0 saturated carbocycles. The molecular formula is C32H41N3O7S. The molecule has 0 unspecified atom stereocenters. The van der Waals surface area contributed by atoms with Gasteiger partial charge in [-0.25, -0.2) is 8.42 Å². The molecule has 2 amide bonds. The third-order valence-corrected chi connectivity index (χ3v) is 7.73. The van der Waals surface area contributed by atoms with Gasteiger partial charge in [-0.3, -0.25) is 13.9 Å². The third-order valence-electron chi connectivity index (χ3n) is 6.59. The number of amides is 2. The monoisotopic (exact) mass is 611 g/mol. The quantitative estimate of drug-likeness (QED) is 0.310. The van der Waals surface area contributed by atoms with Crippen molar-refractivity contribution >= 4 is 27.5 Å². The summed E-state index contributed by atoms with van der Waals surface area (Å²) >= 11 is 0. The van der Waals surface area contributed by atoms with E-state index in [1.54, 1.807) is 31.4 Å². The fourth-order valence-electron chi connectivity index (χ4n) is 4.57. The summed E-state index contributed by atoms with van der Waals surface area (Å²) in [5.74, 6) is 0.387. The molecule has 3 rings (SSSR count). The predicted octanol–water partition coefficient (Wildman–Crippen LogP) is 4.03. The van der Waals surface area contributed by atoms with Crippen LogP contribution < -0.4 is 23.8 Å². The number of hydrogen-bond acceptors (Lipinski definition) is 7. The van der Waals surface area contributed by atoms with E-state index < -0.39 is 34.1 Å². The zero-order chi connectivity index (χ0) is 31.8. The van der Waals surface area contributed by atoms with Crippen molar-refractivity contribution < 1.29 is 32.2 Å². The van der Waals surface area contributed by atoms with Crippen LogP contribution in [0.15, 0.2) is 72.8 Å².